The van der Waals surface area contributed by atoms with Crippen LogP contribution in [0.1, 0.15) is 30.9 Å². The first kappa shape index (κ1) is 16.5. The Morgan fingerprint density at radius 1 is 1.08 bits per heavy atom. The molecule has 7 nitrogen and oxygen atoms in total. The number of nitrogens with one attached hydrogen (secondary N) is 1. The Morgan fingerprint density at radius 2 is 1.72 bits per heavy atom. The summed E-state index contributed by atoms with van der Waals surface area (Å²) in [6.07, 6.45) is 1.000. The van der Waals surface area contributed by atoms with Crippen LogP contribution in [0.2, 0.25) is 0 Å². The third kappa shape index (κ3) is 3.60. The van der Waals surface area contributed by atoms with E-state index in [4.69, 9.17) is 0 Å². The molecule has 2 aromatic carbocycles. The molecule has 1 aliphatic rings. The van der Waals surface area contributed by atoms with Crippen LogP contribution in [0.15, 0.2) is 46.5 Å². The molecule has 0 saturated carbocycles. The molecule has 1 amide bonds. The fraction of sp³-hybridized carbons (Fsp3) is 0.167. The molecule has 0 aliphatic carbocycles. The van der Waals surface area contributed by atoms with Crippen LogP contribution in [0.4, 0.5) is 5.69 Å². The monoisotopic (exact) mass is 339 g/mol. The Bertz CT molecular complexity index is 863. The van der Waals surface area contributed by atoms with Crippen molar-refractivity contribution in [2.75, 3.05) is 0 Å². The molecule has 1 aliphatic heterocycles. The number of nitrogens with zero attached hydrogens (tertiary/aromatic N) is 2. The summed E-state index contributed by atoms with van der Waals surface area (Å²) in [5.41, 5.74) is 5.37. The Hall–Kier alpha value is -3.35. The SMILES string of the molecule is CC(=Nc1ccc(C2=NNC(=O)CC2)cc1)c1c(O)cc(O)cc1O. The number of phenols is 3. The highest BCUT2D eigenvalue weighted by atomic mass is 16.3. The molecule has 0 spiro atoms. The number of rotatable bonds is 3. The third-order valence-corrected chi connectivity index (χ3v) is 3.85. The number of amides is 1. The van der Waals surface area contributed by atoms with E-state index in [1.165, 1.54) is 0 Å². The van der Waals surface area contributed by atoms with E-state index in [1.54, 1.807) is 19.1 Å². The number of phenolic OH excluding ortho intramolecular Hbond substituents is 3. The number of hydrazone groups is 1. The fourth-order valence-electron chi connectivity index (χ4n) is 2.63. The van der Waals surface area contributed by atoms with E-state index in [0.717, 1.165) is 23.4 Å². The molecule has 0 fully saturated rings. The largest absolute Gasteiger partial charge is 0.508 e. The quantitative estimate of drug-likeness (QED) is 0.643. The molecule has 128 valence electrons. The van der Waals surface area contributed by atoms with E-state index in [0.29, 0.717) is 24.2 Å². The lowest BCUT2D eigenvalue weighted by Gasteiger charge is -2.12. The maximum absolute atomic E-state index is 11.1. The van der Waals surface area contributed by atoms with Gasteiger partial charge in [0.05, 0.1) is 22.7 Å². The van der Waals surface area contributed by atoms with Crippen molar-refractivity contribution in [3.63, 3.8) is 0 Å². The second-order valence-electron chi connectivity index (χ2n) is 5.70. The molecule has 3 rings (SSSR count). The summed E-state index contributed by atoms with van der Waals surface area (Å²) in [6.45, 7) is 1.65. The smallest absolute Gasteiger partial charge is 0.240 e. The van der Waals surface area contributed by atoms with Crippen LogP contribution in [0.3, 0.4) is 0 Å². The minimum atomic E-state index is -0.248. The molecule has 0 unspecified atom stereocenters. The van der Waals surface area contributed by atoms with Gasteiger partial charge in [0.25, 0.3) is 0 Å². The predicted octanol–water partition coefficient (Wildman–Crippen LogP) is 2.56. The highest BCUT2D eigenvalue weighted by molar-refractivity contribution is 6.06. The van der Waals surface area contributed by atoms with Gasteiger partial charge in [-0.2, -0.15) is 5.10 Å². The van der Waals surface area contributed by atoms with Crippen molar-refractivity contribution in [2.24, 2.45) is 10.1 Å². The summed E-state index contributed by atoms with van der Waals surface area (Å²) < 4.78 is 0. The normalized spacial score (nSPS) is 14.8. The maximum atomic E-state index is 11.1. The van der Waals surface area contributed by atoms with Crippen molar-refractivity contribution in [1.82, 2.24) is 5.43 Å². The van der Waals surface area contributed by atoms with Gasteiger partial charge in [0.15, 0.2) is 0 Å². The topological polar surface area (TPSA) is 115 Å². The first-order chi connectivity index (χ1) is 11.9. The molecule has 0 saturated heterocycles. The van der Waals surface area contributed by atoms with E-state index < -0.39 is 0 Å². The zero-order valence-electron chi connectivity index (χ0n) is 13.5. The van der Waals surface area contributed by atoms with Crippen LogP contribution in [0, 0.1) is 0 Å². The van der Waals surface area contributed by atoms with E-state index >= 15 is 0 Å². The van der Waals surface area contributed by atoms with E-state index in [9.17, 15) is 20.1 Å². The summed E-state index contributed by atoms with van der Waals surface area (Å²) in [7, 11) is 0. The average molecular weight is 339 g/mol. The Balaban J connectivity index is 1.86. The first-order valence-electron chi connectivity index (χ1n) is 7.70. The number of aliphatic imine (C=N–C) groups is 1. The van der Waals surface area contributed by atoms with Gasteiger partial charge in [-0.1, -0.05) is 12.1 Å². The molecule has 0 bridgehead atoms. The van der Waals surface area contributed by atoms with Gasteiger partial charge in [0.1, 0.15) is 17.2 Å². The lowest BCUT2D eigenvalue weighted by molar-refractivity contribution is -0.121. The molecule has 2 aromatic rings. The van der Waals surface area contributed by atoms with Crippen LogP contribution < -0.4 is 5.43 Å². The predicted molar refractivity (Wildman–Crippen MR) is 93.7 cm³/mol. The number of hydrogen-bond donors (Lipinski definition) is 4. The zero-order chi connectivity index (χ0) is 18.0. The number of carbonyl (C=O) groups excluding carboxylic acids is 1. The van der Waals surface area contributed by atoms with E-state index in [-0.39, 0.29) is 28.7 Å². The van der Waals surface area contributed by atoms with Gasteiger partial charge < -0.3 is 15.3 Å². The van der Waals surface area contributed by atoms with E-state index in [1.807, 2.05) is 12.1 Å². The Labute approximate surface area is 144 Å². The van der Waals surface area contributed by atoms with Crippen LogP contribution in [0.5, 0.6) is 17.2 Å². The molecule has 7 heteroatoms. The lowest BCUT2D eigenvalue weighted by Crippen LogP contribution is -2.25. The van der Waals surface area contributed by atoms with Gasteiger partial charge in [0.2, 0.25) is 5.91 Å². The number of aromatic hydroxyl groups is 3. The number of hydrogen-bond acceptors (Lipinski definition) is 6. The summed E-state index contributed by atoms with van der Waals surface area (Å²) in [4.78, 5) is 15.5. The van der Waals surface area contributed by atoms with Gasteiger partial charge in [-0.05, 0) is 24.6 Å². The van der Waals surface area contributed by atoms with Gasteiger partial charge in [-0.25, -0.2) is 5.43 Å². The molecule has 25 heavy (non-hydrogen) atoms. The van der Waals surface area contributed by atoms with Gasteiger partial charge >= 0.3 is 0 Å². The van der Waals surface area contributed by atoms with Crippen molar-refractivity contribution < 1.29 is 20.1 Å². The molecule has 0 aromatic heterocycles. The van der Waals surface area contributed by atoms with Crippen molar-refractivity contribution in [1.29, 1.82) is 0 Å². The van der Waals surface area contributed by atoms with Gasteiger partial charge in [-0.15, -0.1) is 0 Å². The Morgan fingerprint density at radius 3 is 2.28 bits per heavy atom. The molecule has 4 N–H and O–H groups in total. The van der Waals surface area contributed by atoms with Crippen molar-refractivity contribution in [3.8, 4) is 17.2 Å². The van der Waals surface area contributed by atoms with Crippen molar-refractivity contribution in [3.05, 3.63) is 47.5 Å². The minimum absolute atomic E-state index is 0.0888. The first-order valence-corrected chi connectivity index (χ1v) is 7.70. The van der Waals surface area contributed by atoms with Crippen LogP contribution in [-0.2, 0) is 4.79 Å². The van der Waals surface area contributed by atoms with Gasteiger partial charge in [0, 0.05) is 25.0 Å². The Kier molecular flexibility index (Phi) is 4.38. The van der Waals surface area contributed by atoms with Crippen molar-refractivity contribution in [2.45, 2.75) is 19.8 Å². The number of benzene rings is 2. The van der Waals surface area contributed by atoms with Crippen LogP contribution >= 0.6 is 0 Å². The highest BCUT2D eigenvalue weighted by Crippen LogP contribution is 2.33. The summed E-state index contributed by atoms with van der Waals surface area (Å²) in [5, 5.41) is 33.2. The minimum Gasteiger partial charge on any atom is -0.508 e. The standard InChI is InChI=1S/C18H17N3O4/c1-10(18-15(23)8-13(22)9-16(18)24)19-12-4-2-11(3-5-12)14-6-7-17(25)21-20-14/h2-5,8-9,22-24H,6-7H2,1H3,(H,21,25). The second-order valence-corrected chi connectivity index (χ2v) is 5.70. The number of carbonyl (C=O) groups is 1. The van der Waals surface area contributed by atoms with Crippen molar-refractivity contribution >= 4 is 23.0 Å². The molecule has 0 radical (unpaired) electrons. The summed E-state index contributed by atoms with van der Waals surface area (Å²) in [6, 6.07) is 9.55. The highest BCUT2D eigenvalue weighted by Gasteiger charge is 2.14. The molecular formula is C18H17N3O4. The molecule has 1 heterocycles. The van der Waals surface area contributed by atoms with Crippen LogP contribution in [-0.4, -0.2) is 32.7 Å². The maximum Gasteiger partial charge on any atom is 0.240 e. The summed E-state index contributed by atoms with van der Waals surface area (Å²) in [5.74, 6) is -0.810. The fourth-order valence-corrected chi connectivity index (χ4v) is 2.63. The molecular weight excluding hydrogens is 322 g/mol. The van der Waals surface area contributed by atoms with Crippen LogP contribution in [0.25, 0.3) is 0 Å². The zero-order valence-corrected chi connectivity index (χ0v) is 13.5. The molecule has 0 atom stereocenters. The second kappa shape index (κ2) is 6.64. The lowest BCUT2D eigenvalue weighted by atomic mass is 10.0. The summed E-state index contributed by atoms with van der Waals surface area (Å²) >= 11 is 0. The van der Waals surface area contributed by atoms with E-state index in [2.05, 4.69) is 15.5 Å². The third-order valence-electron chi connectivity index (χ3n) is 3.85. The average Bonchev–Trinajstić information content (AvgIpc) is 2.55. The van der Waals surface area contributed by atoms with Gasteiger partial charge in [-0.3, -0.25) is 9.79 Å².